The van der Waals surface area contributed by atoms with Crippen LogP contribution in [0.5, 0.6) is 0 Å². The number of carbonyl (C=O) groups is 2. The molecule has 2 aliphatic carbocycles. The smallest absolute Gasteiger partial charge is 0.244 e. The minimum atomic E-state index is -0.196. The minimum absolute atomic E-state index is 0.0142. The molecule has 2 amide bonds. The first-order valence-corrected chi connectivity index (χ1v) is 7.00. The van der Waals surface area contributed by atoms with Crippen LogP contribution in [0.25, 0.3) is 0 Å². The molecule has 0 aliphatic heterocycles. The summed E-state index contributed by atoms with van der Waals surface area (Å²) in [7, 11) is 1.89. The van der Waals surface area contributed by atoms with Crippen LogP contribution < -0.4 is 10.9 Å². The Morgan fingerprint density at radius 1 is 1.30 bits per heavy atom. The van der Waals surface area contributed by atoms with Gasteiger partial charge in [0.15, 0.2) is 0 Å². The molecular formula is C15H19N3O2. The van der Waals surface area contributed by atoms with Crippen LogP contribution in [0.1, 0.15) is 18.5 Å². The highest BCUT2D eigenvalue weighted by atomic mass is 16.2. The normalized spacial score (nSPS) is 26.8. The number of fused-ring (bicyclic) bond motifs is 2. The van der Waals surface area contributed by atoms with E-state index in [1.54, 1.807) is 0 Å². The molecule has 2 aliphatic rings. The van der Waals surface area contributed by atoms with Gasteiger partial charge in [0.1, 0.15) is 0 Å². The Hall–Kier alpha value is -2.04. The summed E-state index contributed by atoms with van der Waals surface area (Å²) in [6.07, 6.45) is 8.46. The van der Waals surface area contributed by atoms with Gasteiger partial charge in [-0.25, -0.2) is 0 Å². The first kappa shape index (κ1) is 13.0. The number of aryl methyl sites for hydroxylation is 1. The number of aromatic nitrogens is 1. The van der Waals surface area contributed by atoms with E-state index in [1.807, 2.05) is 29.9 Å². The van der Waals surface area contributed by atoms with E-state index in [2.05, 4.69) is 23.0 Å². The predicted molar refractivity (Wildman–Crippen MR) is 74.2 cm³/mol. The molecule has 1 fully saturated rings. The standard InChI is InChI=1S/C15H19N3O2/c1-18-6-2-3-12(18)9-14(19)16-17-15(20)13-8-10-4-5-11(13)7-10/h2-6,10-11,13H,7-9H2,1H3,(H,16,19)(H,17,20)/t10-,11+,13+/m1/s1. The maximum absolute atomic E-state index is 12.0. The van der Waals surface area contributed by atoms with Crippen molar-refractivity contribution in [3.8, 4) is 0 Å². The maximum atomic E-state index is 12.0. The Bertz CT molecular complexity index is 561. The quantitative estimate of drug-likeness (QED) is 0.635. The van der Waals surface area contributed by atoms with Gasteiger partial charge >= 0.3 is 0 Å². The van der Waals surface area contributed by atoms with E-state index in [-0.39, 0.29) is 24.2 Å². The first-order chi connectivity index (χ1) is 9.63. The summed E-state index contributed by atoms with van der Waals surface area (Å²) >= 11 is 0. The fraction of sp³-hybridized carbons (Fsp3) is 0.467. The molecule has 1 aromatic heterocycles. The summed E-state index contributed by atoms with van der Waals surface area (Å²) in [5, 5.41) is 0. The number of allylic oxidation sites excluding steroid dienone is 2. The van der Waals surface area contributed by atoms with Crippen molar-refractivity contribution in [2.75, 3.05) is 0 Å². The average Bonchev–Trinajstić information content (AvgIpc) is 3.14. The van der Waals surface area contributed by atoms with Gasteiger partial charge in [0.05, 0.1) is 6.42 Å². The van der Waals surface area contributed by atoms with Gasteiger partial charge in [0.25, 0.3) is 0 Å². The van der Waals surface area contributed by atoms with Crippen molar-refractivity contribution >= 4 is 11.8 Å². The molecule has 0 spiro atoms. The fourth-order valence-corrected chi connectivity index (χ4v) is 3.20. The second-order valence-corrected chi connectivity index (χ2v) is 5.71. The molecule has 0 unspecified atom stereocenters. The van der Waals surface area contributed by atoms with Crippen molar-refractivity contribution in [1.82, 2.24) is 15.4 Å². The molecule has 5 nitrogen and oxygen atoms in total. The number of hydrogen-bond acceptors (Lipinski definition) is 2. The Balaban J connectivity index is 1.47. The lowest BCUT2D eigenvalue weighted by Gasteiger charge is -2.17. The molecule has 2 bridgehead atoms. The fourth-order valence-electron chi connectivity index (χ4n) is 3.20. The van der Waals surface area contributed by atoms with Gasteiger partial charge in [-0.1, -0.05) is 12.2 Å². The topological polar surface area (TPSA) is 63.1 Å². The van der Waals surface area contributed by atoms with E-state index < -0.39 is 0 Å². The molecule has 106 valence electrons. The molecule has 1 aromatic rings. The summed E-state index contributed by atoms with van der Waals surface area (Å²) in [6.45, 7) is 0. The zero-order valence-electron chi connectivity index (χ0n) is 11.5. The molecule has 1 heterocycles. The van der Waals surface area contributed by atoms with E-state index in [4.69, 9.17) is 0 Å². The third-order valence-corrected chi connectivity index (χ3v) is 4.33. The summed E-state index contributed by atoms with van der Waals surface area (Å²) < 4.78 is 1.89. The molecule has 0 aromatic carbocycles. The van der Waals surface area contributed by atoms with Gasteiger partial charge in [0.2, 0.25) is 11.8 Å². The van der Waals surface area contributed by atoms with Gasteiger partial charge in [-0.15, -0.1) is 0 Å². The summed E-state index contributed by atoms with van der Waals surface area (Å²) in [4.78, 5) is 23.8. The first-order valence-electron chi connectivity index (χ1n) is 7.00. The van der Waals surface area contributed by atoms with Crippen molar-refractivity contribution in [3.05, 3.63) is 36.2 Å². The molecular weight excluding hydrogens is 254 g/mol. The number of carbonyl (C=O) groups excluding carboxylic acids is 2. The maximum Gasteiger partial charge on any atom is 0.244 e. The highest BCUT2D eigenvalue weighted by molar-refractivity contribution is 5.84. The molecule has 20 heavy (non-hydrogen) atoms. The van der Waals surface area contributed by atoms with E-state index in [0.29, 0.717) is 11.8 Å². The highest BCUT2D eigenvalue weighted by Gasteiger charge is 2.39. The monoisotopic (exact) mass is 273 g/mol. The van der Waals surface area contributed by atoms with Crippen LogP contribution in [-0.2, 0) is 23.1 Å². The predicted octanol–water partition coefficient (Wildman–Crippen LogP) is 0.927. The van der Waals surface area contributed by atoms with E-state index in [1.165, 1.54) is 0 Å². The molecule has 0 radical (unpaired) electrons. The van der Waals surface area contributed by atoms with Crippen molar-refractivity contribution in [1.29, 1.82) is 0 Å². The highest BCUT2D eigenvalue weighted by Crippen LogP contribution is 2.43. The van der Waals surface area contributed by atoms with Gasteiger partial charge < -0.3 is 4.57 Å². The molecule has 1 saturated carbocycles. The Morgan fingerprint density at radius 3 is 2.75 bits per heavy atom. The van der Waals surface area contributed by atoms with Crippen molar-refractivity contribution in [3.63, 3.8) is 0 Å². The molecule has 3 atom stereocenters. The third kappa shape index (κ3) is 2.48. The number of rotatable bonds is 3. The number of hydrazine groups is 1. The van der Waals surface area contributed by atoms with Crippen LogP contribution in [0.15, 0.2) is 30.5 Å². The second-order valence-electron chi connectivity index (χ2n) is 5.71. The summed E-state index contributed by atoms with van der Waals surface area (Å²) in [5.74, 6) is 0.654. The minimum Gasteiger partial charge on any atom is -0.354 e. The summed E-state index contributed by atoms with van der Waals surface area (Å²) in [6, 6.07) is 3.78. The molecule has 5 heteroatoms. The average molecular weight is 273 g/mol. The van der Waals surface area contributed by atoms with Crippen LogP contribution in [0, 0.1) is 17.8 Å². The lowest BCUT2D eigenvalue weighted by atomic mass is 9.93. The van der Waals surface area contributed by atoms with Crippen molar-refractivity contribution in [2.24, 2.45) is 24.8 Å². The second kappa shape index (κ2) is 5.15. The van der Waals surface area contributed by atoms with E-state index in [9.17, 15) is 9.59 Å². The number of hydrogen-bond donors (Lipinski definition) is 2. The van der Waals surface area contributed by atoms with E-state index >= 15 is 0 Å². The van der Waals surface area contributed by atoms with Crippen molar-refractivity contribution < 1.29 is 9.59 Å². The summed E-state index contributed by atoms with van der Waals surface area (Å²) in [5.41, 5.74) is 5.98. The van der Waals surface area contributed by atoms with Crippen LogP contribution in [0.3, 0.4) is 0 Å². The van der Waals surface area contributed by atoms with Gasteiger partial charge in [-0.05, 0) is 36.8 Å². The Morgan fingerprint density at radius 2 is 2.15 bits per heavy atom. The Kier molecular flexibility index (Phi) is 3.34. The van der Waals surface area contributed by atoms with Crippen LogP contribution >= 0.6 is 0 Å². The molecule has 0 saturated heterocycles. The largest absolute Gasteiger partial charge is 0.354 e. The van der Waals surface area contributed by atoms with Crippen LogP contribution in [0.4, 0.5) is 0 Å². The van der Waals surface area contributed by atoms with Crippen molar-refractivity contribution in [2.45, 2.75) is 19.3 Å². The lowest BCUT2D eigenvalue weighted by Crippen LogP contribution is -2.46. The lowest BCUT2D eigenvalue weighted by molar-refractivity contribution is -0.131. The number of nitrogens with zero attached hydrogens (tertiary/aromatic N) is 1. The van der Waals surface area contributed by atoms with Crippen LogP contribution in [-0.4, -0.2) is 16.4 Å². The molecule has 3 rings (SSSR count). The third-order valence-electron chi connectivity index (χ3n) is 4.33. The SMILES string of the molecule is Cn1cccc1CC(=O)NNC(=O)[C@H]1C[C@@H]2C=C[C@H]1C2. The number of amides is 2. The van der Waals surface area contributed by atoms with Gasteiger partial charge in [-0.2, -0.15) is 0 Å². The zero-order valence-corrected chi connectivity index (χ0v) is 11.5. The Labute approximate surface area is 118 Å². The zero-order chi connectivity index (χ0) is 14.1. The van der Waals surface area contributed by atoms with Gasteiger partial charge in [-0.3, -0.25) is 20.4 Å². The molecule has 2 N–H and O–H groups in total. The number of nitrogens with one attached hydrogen (secondary N) is 2. The van der Waals surface area contributed by atoms with E-state index in [0.717, 1.165) is 18.5 Å². The van der Waals surface area contributed by atoms with Gasteiger partial charge in [0, 0.05) is 24.9 Å². The van der Waals surface area contributed by atoms with Crippen LogP contribution in [0.2, 0.25) is 0 Å².